The molecule has 0 radical (unpaired) electrons. The van der Waals surface area contributed by atoms with Gasteiger partial charge in [0, 0.05) is 12.6 Å². The van der Waals surface area contributed by atoms with E-state index in [1.807, 2.05) is 12.2 Å². The van der Waals surface area contributed by atoms with Crippen LogP contribution in [-0.4, -0.2) is 17.5 Å². The molecule has 10 heavy (non-hydrogen) atoms. The Morgan fingerprint density at radius 1 is 1.60 bits per heavy atom. The fourth-order valence-corrected chi connectivity index (χ4v) is 1.35. The van der Waals surface area contributed by atoms with Gasteiger partial charge in [-0.2, -0.15) is 0 Å². The Bertz CT molecular complexity index is 138. The summed E-state index contributed by atoms with van der Waals surface area (Å²) in [4.78, 5) is 2.36. The van der Waals surface area contributed by atoms with E-state index in [4.69, 9.17) is 0 Å². The van der Waals surface area contributed by atoms with Crippen molar-refractivity contribution in [1.82, 2.24) is 4.90 Å². The number of nitrogens with zero attached hydrogens (tertiary/aromatic N) is 1. The molecular formula is C9H15N. The molecule has 1 heterocycles. The lowest BCUT2D eigenvalue weighted by Gasteiger charge is -2.17. The van der Waals surface area contributed by atoms with Crippen molar-refractivity contribution in [1.29, 1.82) is 0 Å². The molecule has 0 aromatic carbocycles. The maximum atomic E-state index is 3.63. The lowest BCUT2D eigenvalue weighted by Crippen LogP contribution is -2.19. The topological polar surface area (TPSA) is 3.24 Å². The molecule has 0 bridgehead atoms. The average Bonchev–Trinajstić information content (AvgIpc) is 2.31. The van der Waals surface area contributed by atoms with Crippen LogP contribution in [0.3, 0.4) is 0 Å². The van der Waals surface area contributed by atoms with Gasteiger partial charge in [0.05, 0.1) is 0 Å². The van der Waals surface area contributed by atoms with E-state index >= 15 is 0 Å². The number of rotatable bonds is 2. The van der Waals surface area contributed by atoms with Crippen LogP contribution in [0.1, 0.15) is 19.8 Å². The van der Waals surface area contributed by atoms with E-state index in [1.165, 1.54) is 19.4 Å². The van der Waals surface area contributed by atoms with Crippen molar-refractivity contribution < 1.29 is 0 Å². The number of hydrogen-bond acceptors (Lipinski definition) is 1. The highest BCUT2D eigenvalue weighted by molar-refractivity contribution is 4.99. The molecular weight excluding hydrogens is 122 g/mol. The molecule has 1 saturated heterocycles. The van der Waals surface area contributed by atoms with Gasteiger partial charge in [-0.1, -0.05) is 12.7 Å². The summed E-state index contributed by atoms with van der Waals surface area (Å²) in [6.07, 6.45) is 8.63. The van der Waals surface area contributed by atoms with E-state index in [0.717, 1.165) is 6.04 Å². The largest absolute Gasteiger partial charge is 0.375 e. The smallest absolute Gasteiger partial charge is 0.0256 e. The van der Waals surface area contributed by atoms with Gasteiger partial charge in [0.15, 0.2) is 0 Å². The van der Waals surface area contributed by atoms with Crippen LogP contribution in [0, 0.1) is 0 Å². The Balaban J connectivity index is 2.39. The molecule has 1 aliphatic rings. The normalized spacial score (nSPS) is 26.1. The van der Waals surface area contributed by atoms with Crippen molar-refractivity contribution >= 4 is 0 Å². The molecule has 0 unspecified atom stereocenters. The van der Waals surface area contributed by atoms with Crippen LogP contribution in [0.2, 0.25) is 0 Å². The minimum atomic E-state index is 0.733. The Hall–Kier alpha value is -0.720. The first-order chi connectivity index (χ1) is 4.84. The minimum absolute atomic E-state index is 0.733. The lowest BCUT2D eigenvalue weighted by molar-refractivity contribution is 0.372. The molecule has 1 rings (SSSR count). The van der Waals surface area contributed by atoms with Crippen LogP contribution < -0.4 is 0 Å². The first kappa shape index (κ1) is 7.39. The molecule has 0 aromatic heterocycles. The van der Waals surface area contributed by atoms with Gasteiger partial charge < -0.3 is 4.90 Å². The third-order valence-corrected chi connectivity index (χ3v) is 2.02. The molecule has 0 N–H and O–H groups in total. The summed E-state index contributed by atoms with van der Waals surface area (Å²) in [6, 6.07) is 0.733. The Morgan fingerprint density at radius 3 is 2.90 bits per heavy atom. The summed E-state index contributed by atoms with van der Waals surface area (Å²) >= 11 is 0. The van der Waals surface area contributed by atoms with Crippen molar-refractivity contribution in [2.24, 2.45) is 0 Å². The molecule has 1 fully saturated rings. The molecule has 0 aromatic rings. The van der Waals surface area contributed by atoms with Crippen molar-refractivity contribution in [2.45, 2.75) is 25.8 Å². The van der Waals surface area contributed by atoms with Crippen LogP contribution in [0.5, 0.6) is 0 Å². The van der Waals surface area contributed by atoms with Crippen LogP contribution in [0.15, 0.2) is 24.9 Å². The molecule has 1 atom stereocenters. The fraction of sp³-hybridized carbons (Fsp3) is 0.556. The number of allylic oxidation sites excluding steroid dienone is 2. The zero-order valence-corrected chi connectivity index (χ0v) is 6.59. The average molecular weight is 137 g/mol. The van der Waals surface area contributed by atoms with E-state index < -0.39 is 0 Å². The van der Waals surface area contributed by atoms with Gasteiger partial charge in [0.2, 0.25) is 0 Å². The highest BCUT2D eigenvalue weighted by Gasteiger charge is 2.15. The van der Waals surface area contributed by atoms with Gasteiger partial charge in [0.25, 0.3) is 0 Å². The van der Waals surface area contributed by atoms with E-state index in [-0.39, 0.29) is 0 Å². The number of hydrogen-bond donors (Lipinski definition) is 0. The molecule has 1 heteroatoms. The van der Waals surface area contributed by atoms with E-state index in [9.17, 15) is 0 Å². The SMILES string of the molecule is C=C/C=C/N1CCC[C@H]1C. The van der Waals surface area contributed by atoms with Crippen molar-refractivity contribution in [3.63, 3.8) is 0 Å². The van der Waals surface area contributed by atoms with Gasteiger partial charge >= 0.3 is 0 Å². The molecule has 1 nitrogen and oxygen atoms in total. The summed E-state index contributed by atoms with van der Waals surface area (Å²) in [7, 11) is 0. The predicted molar refractivity (Wildman–Crippen MR) is 44.7 cm³/mol. The van der Waals surface area contributed by atoms with Gasteiger partial charge in [-0.05, 0) is 32.0 Å². The fourth-order valence-electron chi connectivity index (χ4n) is 1.35. The maximum Gasteiger partial charge on any atom is 0.0256 e. The lowest BCUT2D eigenvalue weighted by atomic mass is 10.2. The zero-order valence-electron chi connectivity index (χ0n) is 6.59. The van der Waals surface area contributed by atoms with Crippen molar-refractivity contribution in [2.75, 3.05) is 6.54 Å². The second-order valence-corrected chi connectivity index (χ2v) is 2.81. The Labute approximate surface area is 63.0 Å². The summed E-state index contributed by atoms with van der Waals surface area (Å²) in [6.45, 7) is 7.11. The summed E-state index contributed by atoms with van der Waals surface area (Å²) in [5.74, 6) is 0. The van der Waals surface area contributed by atoms with Crippen LogP contribution >= 0.6 is 0 Å². The van der Waals surface area contributed by atoms with E-state index in [0.29, 0.717) is 0 Å². The second kappa shape index (κ2) is 3.45. The molecule has 0 spiro atoms. The Kier molecular flexibility index (Phi) is 2.55. The third-order valence-electron chi connectivity index (χ3n) is 2.02. The van der Waals surface area contributed by atoms with Gasteiger partial charge in [-0.25, -0.2) is 0 Å². The van der Waals surface area contributed by atoms with Crippen LogP contribution in [0.4, 0.5) is 0 Å². The summed E-state index contributed by atoms with van der Waals surface area (Å²) in [5.41, 5.74) is 0. The first-order valence-corrected chi connectivity index (χ1v) is 3.89. The monoisotopic (exact) mass is 137 g/mol. The third kappa shape index (κ3) is 1.63. The molecule has 0 saturated carbocycles. The van der Waals surface area contributed by atoms with Crippen molar-refractivity contribution in [3.8, 4) is 0 Å². The standard InChI is InChI=1S/C9H15N/c1-3-4-7-10-8-5-6-9(10)2/h3-4,7,9H,1,5-6,8H2,2H3/b7-4+/t9-/m1/s1. The summed E-state index contributed by atoms with van der Waals surface area (Å²) in [5, 5.41) is 0. The minimum Gasteiger partial charge on any atom is -0.375 e. The Morgan fingerprint density at radius 2 is 2.40 bits per heavy atom. The maximum absolute atomic E-state index is 3.63. The van der Waals surface area contributed by atoms with Crippen molar-refractivity contribution in [3.05, 3.63) is 24.9 Å². The zero-order chi connectivity index (χ0) is 7.40. The highest BCUT2D eigenvalue weighted by atomic mass is 15.1. The van der Waals surface area contributed by atoms with E-state index in [2.05, 4.69) is 24.6 Å². The molecule has 1 aliphatic heterocycles. The molecule has 0 aliphatic carbocycles. The van der Waals surface area contributed by atoms with Crippen LogP contribution in [0.25, 0.3) is 0 Å². The van der Waals surface area contributed by atoms with Gasteiger partial charge in [0.1, 0.15) is 0 Å². The van der Waals surface area contributed by atoms with Gasteiger partial charge in [-0.3, -0.25) is 0 Å². The molecule has 0 amide bonds. The predicted octanol–water partition coefficient (Wildman–Crippen LogP) is 2.17. The first-order valence-electron chi connectivity index (χ1n) is 3.89. The second-order valence-electron chi connectivity index (χ2n) is 2.81. The number of likely N-dealkylation sites (tertiary alicyclic amines) is 1. The quantitative estimate of drug-likeness (QED) is 0.527. The summed E-state index contributed by atoms with van der Waals surface area (Å²) < 4.78 is 0. The van der Waals surface area contributed by atoms with Crippen LogP contribution in [-0.2, 0) is 0 Å². The molecule has 56 valence electrons. The highest BCUT2D eigenvalue weighted by Crippen LogP contribution is 2.15. The van der Waals surface area contributed by atoms with Gasteiger partial charge in [-0.15, -0.1) is 0 Å². The van der Waals surface area contributed by atoms with E-state index in [1.54, 1.807) is 0 Å².